The van der Waals surface area contributed by atoms with Crippen LogP contribution in [0.2, 0.25) is 0 Å². The average Bonchev–Trinajstić information content (AvgIpc) is 2.99. The van der Waals surface area contributed by atoms with E-state index in [1.165, 1.54) is 0 Å². The molecule has 19 heavy (non-hydrogen) atoms. The lowest BCUT2D eigenvalue weighted by atomic mass is 10.1. The van der Waals surface area contributed by atoms with E-state index in [-0.39, 0.29) is 6.04 Å². The van der Waals surface area contributed by atoms with Crippen molar-refractivity contribution in [2.75, 3.05) is 7.11 Å². The lowest BCUT2D eigenvalue weighted by molar-refractivity contribution is 0.379. The zero-order valence-corrected chi connectivity index (χ0v) is 11.5. The number of hydrogen-bond donors (Lipinski definition) is 2. The Labute approximate surface area is 112 Å². The maximum atomic E-state index is 5.69. The molecule has 6 nitrogen and oxygen atoms in total. The van der Waals surface area contributed by atoms with Gasteiger partial charge in [0.1, 0.15) is 23.3 Å². The predicted octanol–water partition coefficient (Wildman–Crippen LogP) is 1.76. The molecule has 0 aliphatic rings. The summed E-state index contributed by atoms with van der Waals surface area (Å²) in [6.45, 7) is 4.80. The molecule has 1 atom stereocenters. The highest BCUT2D eigenvalue weighted by atomic mass is 16.5. The Morgan fingerprint density at radius 3 is 2.84 bits per heavy atom. The van der Waals surface area contributed by atoms with E-state index in [1.54, 1.807) is 13.3 Å². The molecule has 2 rings (SSSR count). The number of nitrogens with two attached hydrogens (primary N) is 1. The van der Waals surface area contributed by atoms with E-state index in [1.807, 2.05) is 23.7 Å². The standard InChI is InChI=1S/C13H20N4O2/c1-4-7-17-13(11(18-3)8-15-17)12(16-14)10-6-5-9(2)19-10/h5-6,8,12,16H,4,7,14H2,1-3H3. The molecular formula is C13H20N4O2. The van der Waals surface area contributed by atoms with Crippen molar-refractivity contribution in [1.29, 1.82) is 0 Å². The maximum absolute atomic E-state index is 5.69. The Kier molecular flexibility index (Phi) is 4.24. The van der Waals surface area contributed by atoms with E-state index >= 15 is 0 Å². The van der Waals surface area contributed by atoms with Crippen LogP contribution < -0.4 is 16.0 Å². The van der Waals surface area contributed by atoms with Gasteiger partial charge in [-0.05, 0) is 25.5 Å². The zero-order chi connectivity index (χ0) is 13.8. The van der Waals surface area contributed by atoms with Crippen LogP contribution in [0.5, 0.6) is 5.75 Å². The molecule has 1 unspecified atom stereocenters. The van der Waals surface area contributed by atoms with Gasteiger partial charge in [0.15, 0.2) is 5.75 Å². The van der Waals surface area contributed by atoms with E-state index in [4.69, 9.17) is 15.0 Å². The molecule has 0 spiro atoms. The Bertz CT molecular complexity index is 532. The Morgan fingerprint density at radius 1 is 1.53 bits per heavy atom. The van der Waals surface area contributed by atoms with Gasteiger partial charge in [0.25, 0.3) is 0 Å². The van der Waals surface area contributed by atoms with Gasteiger partial charge in [-0.15, -0.1) is 0 Å². The number of furan rings is 1. The Balaban J connectivity index is 2.44. The van der Waals surface area contributed by atoms with Crippen LogP contribution in [0.15, 0.2) is 22.7 Å². The van der Waals surface area contributed by atoms with Crippen LogP contribution in [0.1, 0.15) is 36.6 Å². The summed E-state index contributed by atoms with van der Waals surface area (Å²) in [5, 5.41) is 4.33. The third-order valence-electron chi connectivity index (χ3n) is 2.99. The van der Waals surface area contributed by atoms with Gasteiger partial charge in [0.2, 0.25) is 0 Å². The monoisotopic (exact) mass is 264 g/mol. The molecule has 0 bridgehead atoms. The van der Waals surface area contributed by atoms with Crippen molar-refractivity contribution in [3.8, 4) is 5.75 Å². The molecule has 3 N–H and O–H groups in total. The highest BCUT2D eigenvalue weighted by Gasteiger charge is 2.24. The molecule has 0 saturated carbocycles. The maximum Gasteiger partial charge on any atom is 0.162 e. The number of aromatic nitrogens is 2. The van der Waals surface area contributed by atoms with E-state index in [2.05, 4.69) is 17.4 Å². The average molecular weight is 264 g/mol. The highest BCUT2D eigenvalue weighted by molar-refractivity contribution is 5.33. The number of rotatable bonds is 6. The first-order valence-corrected chi connectivity index (χ1v) is 6.33. The van der Waals surface area contributed by atoms with Gasteiger partial charge < -0.3 is 9.15 Å². The smallest absolute Gasteiger partial charge is 0.162 e. The fourth-order valence-corrected chi connectivity index (χ4v) is 2.12. The minimum absolute atomic E-state index is 0.280. The molecule has 0 amide bonds. The van der Waals surface area contributed by atoms with E-state index in [9.17, 15) is 0 Å². The lowest BCUT2D eigenvalue weighted by Gasteiger charge is -2.17. The number of nitrogens with zero attached hydrogens (tertiary/aromatic N) is 2. The molecule has 0 saturated heterocycles. The summed E-state index contributed by atoms with van der Waals surface area (Å²) < 4.78 is 12.9. The van der Waals surface area contributed by atoms with Gasteiger partial charge in [-0.3, -0.25) is 10.5 Å². The van der Waals surface area contributed by atoms with Crippen molar-refractivity contribution in [2.45, 2.75) is 32.9 Å². The largest absolute Gasteiger partial charge is 0.493 e. The SMILES string of the molecule is CCCn1ncc(OC)c1C(NN)c1ccc(C)o1. The van der Waals surface area contributed by atoms with Crippen molar-refractivity contribution in [3.05, 3.63) is 35.5 Å². The molecule has 104 valence electrons. The van der Waals surface area contributed by atoms with E-state index in [0.29, 0.717) is 5.75 Å². The van der Waals surface area contributed by atoms with Crippen molar-refractivity contribution in [1.82, 2.24) is 15.2 Å². The zero-order valence-electron chi connectivity index (χ0n) is 11.5. The molecule has 0 fully saturated rings. The second kappa shape index (κ2) is 5.90. The highest BCUT2D eigenvalue weighted by Crippen LogP contribution is 2.30. The molecular weight excluding hydrogens is 244 g/mol. The molecule has 2 aromatic heterocycles. The second-order valence-corrected chi connectivity index (χ2v) is 4.37. The van der Waals surface area contributed by atoms with E-state index < -0.39 is 0 Å². The van der Waals surface area contributed by atoms with Crippen LogP contribution >= 0.6 is 0 Å². The number of nitrogens with one attached hydrogen (secondary N) is 1. The number of hydrogen-bond acceptors (Lipinski definition) is 5. The number of hydrazine groups is 1. The quantitative estimate of drug-likeness (QED) is 0.614. The van der Waals surface area contributed by atoms with Crippen molar-refractivity contribution < 1.29 is 9.15 Å². The Morgan fingerprint density at radius 2 is 2.32 bits per heavy atom. The molecule has 6 heteroatoms. The van der Waals surface area contributed by atoms with Gasteiger partial charge in [0.05, 0.1) is 13.3 Å². The molecule has 2 heterocycles. The van der Waals surface area contributed by atoms with Crippen LogP contribution in [0.3, 0.4) is 0 Å². The molecule has 0 aliphatic carbocycles. The summed E-state index contributed by atoms with van der Waals surface area (Å²) in [6, 6.07) is 3.53. The molecule has 0 aliphatic heterocycles. The Hall–Kier alpha value is -1.79. The summed E-state index contributed by atoms with van der Waals surface area (Å²) in [5.74, 6) is 7.98. The fraction of sp³-hybridized carbons (Fsp3) is 0.462. The topological polar surface area (TPSA) is 78.2 Å². The fourth-order valence-electron chi connectivity index (χ4n) is 2.12. The second-order valence-electron chi connectivity index (χ2n) is 4.37. The van der Waals surface area contributed by atoms with Crippen molar-refractivity contribution >= 4 is 0 Å². The van der Waals surface area contributed by atoms with Crippen molar-refractivity contribution in [3.63, 3.8) is 0 Å². The minimum atomic E-state index is -0.280. The first-order valence-electron chi connectivity index (χ1n) is 6.33. The first-order chi connectivity index (χ1) is 9.21. The van der Waals surface area contributed by atoms with Gasteiger partial charge in [0, 0.05) is 6.54 Å². The molecule has 0 aromatic carbocycles. The molecule has 2 aromatic rings. The minimum Gasteiger partial charge on any atom is -0.493 e. The third-order valence-corrected chi connectivity index (χ3v) is 2.99. The van der Waals surface area contributed by atoms with E-state index in [0.717, 1.165) is 30.2 Å². The number of aryl methyl sites for hydroxylation is 2. The summed E-state index contributed by atoms with van der Waals surface area (Å²) >= 11 is 0. The normalized spacial score (nSPS) is 12.6. The van der Waals surface area contributed by atoms with Crippen LogP contribution in [0, 0.1) is 6.92 Å². The van der Waals surface area contributed by atoms with Crippen LogP contribution in [-0.4, -0.2) is 16.9 Å². The van der Waals surface area contributed by atoms with Gasteiger partial charge >= 0.3 is 0 Å². The van der Waals surface area contributed by atoms with Gasteiger partial charge in [-0.2, -0.15) is 5.10 Å². The summed E-state index contributed by atoms with van der Waals surface area (Å²) in [7, 11) is 1.62. The van der Waals surface area contributed by atoms with Crippen molar-refractivity contribution in [2.24, 2.45) is 5.84 Å². The summed E-state index contributed by atoms with van der Waals surface area (Å²) in [5.41, 5.74) is 3.65. The van der Waals surface area contributed by atoms with Gasteiger partial charge in [-0.25, -0.2) is 5.43 Å². The first kappa shape index (κ1) is 13.6. The summed E-state index contributed by atoms with van der Waals surface area (Å²) in [4.78, 5) is 0. The number of ether oxygens (including phenoxy) is 1. The predicted molar refractivity (Wildman–Crippen MR) is 71.7 cm³/mol. The third kappa shape index (κ3) is 2.64. The van der Waals surface area contributed by atoms with Gasteiger partial charge in [-0.1, -0.05) is 6.92 Å². The van der Waals surface area contributed by atoms with Crippen LogP contribution in [0.25, 0.3) is 0 Å². The number of methoxy groups -OCH3 is 1. The molecule has 0 radical (unpaired) electrons. The summed E-state index contributed by atoms with van der Waals surface area (Å²) in [6.07, 6.45) is 2.68. The lowest BCUT2D eigenvalue weighted by Crippen LogP contribution is -2.30. The van der Waals surface area contributed by atoms with Crippen LogP contribution in [0.4, 0.5) is 0 Å². The van der Waals surface area contributed by atoms with Crippen LogP contribution in [-0.2, 0) is 6.54 Å².